The average Bonchev–Trinajstić information content (AvgIpc) is 2.35. The van der Waals surface area contributed by atoms with Crippen LogP contribution in [0.3, 0.4) is 0 Å². The molecule has 1 unspecified atom stereocenters. The van der Waals surface area contributed by atoms with Crippen LogP contribution in [0.4, 0.5) is 0 Å². The Balaban J connectivity index is 2.37. The summed E-state index contributed by atoms with van der Waals surface area (Å²) in [5.41, 5.74) is 2.22. The van der Waals surface area contributed by atoms with Crippen molar-refractivity contribution in [3.8, 4) is 0 Å². The fourth-order valence-electron chi connectivity index (χ4n) is 2.00. The fraction of sp³-hybridized carbons (Fsp3) is 0.357. The van der Waals surface area contributed by atoms with Crippen LogP contribution in [0, 0.1) is 0 Å². The van der Waals surface area contributed by atoms with E-state index in [1.54, 1.807) is 0 Å². The van der Waals surface area contributed by atoms with E-state index in [2.05, 4.69) is 36.5 Å². The van der Waals surface area contributed by atoms with Crippen LogP contribution in [0.2, 0.25) is 0 Å². The number of pyridine rings is 1. The average molecular weight is 214 g/mol. The number of hydrogen-bond acceptors (Lipinski definition) is 2. The summed E-state index contributed by atoms with van der Waals surface area (Å²) in [5, 5.41) is 4.53. The summed E-state index contributed by atoms with van der Waals surface area (Å²) < 4.78 is 0. The van der Waals surface area contributed by atoms with Crippen molar-refractivity contribution in [3.05, 3.63) is 42.1 Å². The van der Waals surface area contributed by atoms with Crippen molar-refractivity contribution in [2.45, 2.75) is 25.8 Å². The molecule has 0 fully saturated rings. The quantitative estimate of drug-likeness (QED) is 0.844. The number of fused-ring (bicyclic) bond motifs is 1. The third kappa shape index (κ3) is 2.22. The van der Waals surface area contributed by atoms with Crippen molar-refractivity contribution >= 4 is 10.9 Å². The SMILES string of the molecule is CCCC(NC)c1ccc2ccccc2n1. The molecular formula is C14H18N2. The van der Waals surface area contributed by atoms with E-state index in [4.69, 9.17) is 4.98 Å². The van der Waals surface area contributed by atoms with E-state index in [1.807, 2.05) is 19.2 Å². The molecule has 2 nitrogen and oxygen atoms in total. The molecule has 0 radical (unpaired) electrons. The Morgan fingerprint density at radius 2 is 2.00 bits per heavy atom. The van der Waals surface area contributed by atoms with Crippen molar-refractivity contribution in [2.75, 3.05) is 7.05 Å². The molecule has 0 spiro atoms. The summed E-state index contributed by atoms with van der Waals surface area (Å²) in [6.45, 7) is 2.20. The summed E-state index contributed by atoms with van der Waals surface area (Å²) in [7, 11) is 2.00. The van der Waals surface area contributed by atoms with Gasteiger partial charge in [0.2, 0.25) is 0 Å². The van der Waals surface area contributed by atoms with Crippen molar-refractivity contribution < 1.29 is 0 Å². The first-order valence-electron chi connectivity index (χ1n) is 5.88. The normalized spacial score (nSPS) is 12.9. The molecule has 1 heterocycles. The lowest BCUT2D eigenvalue weighted by Gasteiger charge is -2.14. The zero-order valence-corrected chi connectivity index (χ0v) is 9.90. The predicted molar refractivity (Wildman–Crippen MR) is 68.5 cm³/mol. The molecule has 84 valence electrons. The van der Waals surface area contributed by atoms with Crippen molar-refractivity contribution in [3.63, 3.8) is 0 Å². The Hall–Kier alpha value is -1.41. The zero-order chi connectivity index (χ0) is 11.4. The van der Waals surface area contributed by atoms with Crippen LogP contribution in [-0.4, -0.2) is 12.0 Å². The number of nitrogens with one attached hydrogen (secondary N) is 1. The lowest BCUT2D eigenvalue weighted by atomic mass is 10.1. The summed E-state index contributed by atoms with van der Waals surface area (Å²) in [4.78, 5) is 4.70. The van der Waals surface area contributed by atoms with Crippen LogP contribution in [0.25, 0.3) is 10.9 Å². The summed E-state index contributed by atoms with van der Waals surface area (Å²) in [6.07, 6.45) is 2.29. The van der Waals surface area contributed by atoms with Crippen LogP contribution in [0.1, 0.15) is 31.5 Å². The van der Waals surface area contributed by atoms with Gasteiger partial charge in [-0.25, -0.2) is 0 Å². The molecule has 1 aromatic heterocycles. The highest BCUT2D eigenvalue weighted by atomic mass is 14.9. The highest BCUT2D eigenvalue weighted by Crippen LogP contribution is 2.19. The van der Waals surface area contributed by atoms with Gasteiger partial charge < -0.3 is 5.32 Å². The van der Waals surface area contributed by atoms with Crippen LogP contribution < -0.4 is 5.32 Å². The molecule has 0 saturated heterocycles. The van der Waals surface area contributed by atoms with Gasteiger partial charge in [-0.3, -0.25) is 4.98 Å². The Morgan fingerprint density at radius 3 is 2.75 bits per heavy atom. The number of hydrogen-bond donors (Lipinski definition) is 1. The second kappa shape index (κ2) is 5.08. The molecule has 0 bridgehead atoms. The minimum Gasteiger partial charge on any atom is -0.312 e. The largest absolute Gasteiger partial charge is 0.312 e. The van der Waals surface area contributed by atoms with E-state index in [-0.39, 0.29) is 0 Å². The number of para-hydroxylation sites is 1. The smallest absolute Gasteiger partial charge is 0.0706 e. The maximum atomic E-state index is 4.70. The van der Waals surface area contributed by atoms with Gasteiger partial charge in [0.1, 0.15) is 0 Å². The van der Waals surface area contributed by atoms with E-state index in [0.29, 0.717) is 6.04 Å². The maximum absolute atomic E-state index is 4.70. The molecule has 0 amide bonds. The first-order valence-corrected chi connectivity index (χ1v) is 5.88. The highest BCUT2D eigenvalue weighted by molar-refractivity contribution is 5.78. The Labute approximate surface area is 96.7 Å². The van der Waals surface area contributed by atoms with E-state index in [0.717, 1.165) is 17.6 Å². The predicted octanol–water partition coefficient (Wildman–Crippen LogP) is 3.30. The van der Waals surface area contributed by atoms with Gasteiger partial charge >= 0.3 is 0 Å². The first kappa shape index (κ1) is 11.1. The summed E-state index contributed by atoms with van der Waals surface area (Å²) in [6, 6.07) is 12.9. The molecule has 2 heteroatoms. The third-order valence-corrected chi connectivity index (χ3v) is 2.90. The van der Waals surface area contributed by atoms with Gasteiger partial charge in [0, 0.05) is 11.4 Å². The number of rotatable bonds is 4. The second-order valence-electron chi connectivity index (χ2n) is 4.06. The maximum Gasteiger partial charge on any atom is 0.0706 e. The van der Waals surface area contributed by atoms with Gasteiger partial charge in [-0.1, -0.05) is 37.6 Å². The molecular weight excluding hydrogens is 196 g/mol. The van der Waals surface area contributed by atoms with E-state index >= 15 is 0 Å². The molecule has 0 aliphatic heterocycles. The van der Waals surface area contributed by atoms with E-state index < -0.39 is 0 Å². The molecule has 16 heavy (non-hydrogen) atoms. The van der Waals surface area contributed by atoms with Crippen LogP contribution >= 0.6 is 0 Å². The zero-order valence-electron chi connectivity index (χ0n) is 9.90. The molecule has 0 aliphatic rings. The lowest BCUT2D eigenvalue weighted by molar-refractivity contribution is 0.530. The molecule has 0 saturated carbocycles. The van der Waals surface area contributed by atoms with Gasteiger partial charge in [-0.2, -0.15) is 0 Å². The monoisotopic (exact) mass is 214 g/mol. The van der Waals surface area contributed by atoms with Gasteiger partial charge in [0.05, 0.1) is 11.2 Å². The van der Waals surface area contributed by atoms with Crippen LogP contribution in [0.5, 0.6) is 0 Å². The van der Waals surface area contributed by atoms with Crippen LogP contribution in [0.15, 0.2) is 36.4 Å². The van der Waals surface area contributed by atoms with Crippen molar-refractivity contribution in [2.24, 2.45) is 0 Å². The van der Waals surface area contributed by atoms with Gasteiger partial charge in [-0.15, -0.1) is 0 Å². The molecule has 1 aromatic carbocycles. The lowest BCUT2D eigenvalue weighted by Crippen LogP contribution is -2.17. The highest BCUT2D eigenvalue weighted by Gasteiger charge is 2.09. The van der Waals surface area contributed by atoms with Gasteiger partial charge in [-0.05, 0) is 25.6 Å². The standard InChI is InChI=1S/C14H18N2/c1-3-6-13(15-2)14-10-9-11-7-4-5-8-12(11)16-14/h4-5,7-10,13,15H,3,6H2,1-2H3. The number of nitrogens with zero attached hydrogens (tertiary/aromatic N) is 1. The Bertz CT molecular complexity index is 465. The number of benzene rings is 1. The first-order chi connectivity index (χ1) is 7.85. The van der Waals surface area contributed by atoms with Crippen molar-refractivity contribution in [1.82, 2.24) is 10.3 Å². The summed E-state index contributed by atoms with van der Waals surface area (Å²) in [5.74, 6) is 0. The molecule has 2 rings (SSSR count). The third-order valence-electron chi connectivity index (χ3n) is 2.90. The van der Waals surface area contributed by atoms with E-state index in [9.17, 15) is 0 Å². The van der Waals surface area contributed by atoms with Crippen LogP contribution in [-0.2, 0) is 0 Å². The topological polar surface area (TPSA) is 24.9 Å². The second-order valence-corrected chi connectivity index (χ2v) is 4.06. The Morgan fingerprint density at radius 1 is 1.19 bits per heavy atom. The number of aromatic nitrogens is 1. The molecule has 0 aliphatic carbocycles. The molecule has 1 atom stereocenters. The minimum atomic E-state index is 0.370. The molecule has 2 aromatic rings. The van der Waals surface area contributed by atoms with Gasteiger partial charge in [0.25, 0.3) is 0 Å². The Kier molecular flexibility index (Phi) is 3.52. The van der Waals surface area contributed by atoms with Crippen molar-refractivity contribution in [1.29, 1.82) is 0 Å². The molecule has 1 N–H and O–H groups in total. The fourth-order valence-corrected chi connectivity index (χ4v) is 2.00. The minimum absolute atomic E-state index is 0.370. The summed E-state index contributed by atoms with van der Waals surface area (Å²) >= 11 is 0. The van der Waals surface area contributed by atoms with Gasteiger partial charge in [0.15, 0.2) is 0 Å². The van der Waals surface area contributed by atoms with E-state index in [1.165, 1.54) is 11.8 Å².